The van der Waals surface area contributed by atoms with E-state index >= 15 is 0 Å². The van der Waals surface area contributed by atoms with Gasteiger partial charge in [-0.15, -0.1) is 10.2 Å². The molecule has 0 radical (unpaired) electrons. The number of hydrogen-bond acceptors (Lipinski definition) is 7. The Labute approximate surface area is 192 Å². The van der Waals surface area contributed by atoms with E-state index in [1.165, 1.54) is 6.07 Å². The molecule has 0 saturated carbocycles. The summed E-state index contributed by atoms with van der Waals surface area (Å²) in [4.78, 5) is 14.4. The number of carbonyl (C=O) groups is 1. The number of aromatic nitrogens is 2. The summed E-state index contributed by atoms with van der Waals surface area (Å²) in [5, 5.41) is 10.8. The van der Waals surface area contributed by atoms with Crippen LogP contribution in [0, 0.1) is 0 Å². The van der Waals surface area contributed by atoms with E-state index in [0.29, 0.717) is 41.7 Å². The number of carbonyl (C=O) groups excluding carboxylic acids is 1. The predicted octanol–water partition coefficient (Wildman–Crippen LogP) is 5.10. The minimum absolute atomic E-state index is 0.0370. The van der Waals surface area contributed by atoms with Gasteiger partial charge >= 0.3 is 6.18 Å². The molecule has 0 atom stereocenters. The maximum absolute atomic E-state index is 13.2. The summed E-state index contributed by atoms with van der Waals surface area (Å²) < 4.78 is 50.2. The van der Waals surface area contributed by atoms with Gasteiger partial charge in [-0.25, -0.2) is 0 Å². The molecular formula is C22H21F3N4O3S. The number of nitrogens with zero attached hydrogens (tertiary/aromatic N) is 3. The Hall–Kier alpha value is -3.21. The van der Waals surface area contributed by atoms with Crippen molar-refractivity contribution in [3.63, 3.8) is 0 Å². The molecule has 3 aromatic rings. The van der Waals surface area contributed by atoms with E-state index in [-0.39, 0.29) is 16.9 Å². The number of alkyl halides is 3. The molecule has 1 fully saturated rings. The molecule has 1 amide bonds. The van der Waals surface area contributed by atoms with E-state index in [1.807, 2.05) is 4.90 Å². The third kappa shape index (κ3) is 5.59. The molecule has 1 aliphatic heterocycles. The second-order valence-electron chi connectivity index (χ2n) is 7.36. The minimum atomic E-state index is -4.45. The van der Waals surface area contributed by atoms with Crippen LogP contribution < -0.4 is 15.0 Å². The highest BCUT2D eigenvalue weighted by Crippen LogP contribution is 2.37. The Bertz CT molecular complexity index is 1110. The maximum Gasteiger partial charge on any atom is 0.416 e. The monoisotopic (exact) mass is 478 g/mol. The predicted molar refractivity (Wildman–Crippen MR) is 119 cm³/mol. The lowest BCUT2D eigenvalue weighted by molar-refractivity contribution is -0.137. The lowest BCUT2D eigenvalue weighted by Crippen LogP contribution is -2.22. The summed E-state index contributed by atoms with van der Waals surface area (Å²) in [5.41, 5.74) is 0.688. The van der Waals surface area contributed by atoms with Gasteiger partial charge < -0.3 is 19.4 Å². The van der Waals surface area contributed by atoms with Gasteiger partial charge in [0.05, 0.1) is 29.8 Å². The van der Waals surface area contributed by atoms with Crippen molar-refractivity contribution in [1.82, 2.24) is 10.2 Å². The van der Waals surface area contributed by atoms with Gasteiger partial charge in [0.1, 0.15) is 5.75 Å². The number of halogens is 3. The van der Waals surface area contributed by atoms with Gasteiger partial charge in [-0.05, 0) is 55.3 Å². The number of rotatable bonds is 7. The normalized spacial score (nSPS) is 13.9. The van der Waals surface area contributed by atoms with E-state index in [2.05, 4.69) is 15.5 Å². The first-order valence-electron chi connectivity index (χ1n) is 10.2. The zero-order chi connectivity index (χ0) is 23.4. The molecule has 0 spiro atoms. The number of thioether (sulfide) groups is 1. The van der Waals surface area contributed by atoms with Crippen molar-refractivity contribution in [2.75, 3.05) is 36.2 Å². The Balaban J connectivity index is 1.41. The molecule has 174 valence electrons. The molecule has 0 aliphatic carbocycles. The molecular weight excluding hydrogens is 457 g/mol. The quantitative estimate of drug-likeness (QED) is 0.474. The van der Waals surface area contributed by atoms with Crippen molar-refractivity contribution in [3.05, 3.63) is 48.0 Å². The van der Waals surface area contributed by atoms with Gasteiger partial charge in [0, 0.05) is 18.7 Å². The number of methoxy groups -OCH3 is 1. The van der Waals surface area contributed by atoms with Gasteiger partial charge in [0.25, 0.3) is 5.22 Å². The molecule has 2 heterocycles. The van der Waals surface area contributed by atoms with Crippen molar-refractivity contribution >= 4 is 29.0 Å². The molecule has 1 saturated heterocycles. The molecule has 0 unspecified atom stereocenters. The Kier molecular flexibility index (Phi) is 6.77. The molecule has 1 aliphatic rings. The summed E-state index contributed by atoms with van der Waals surface area (Å²) in [5.74, 6) is 0.579. The second kappa shape index (κ2) is 9.74. The molecule has 7 nitrogen and oxygen atoms in total. The van der Waals surface area contributed by atoms with E-state index in [9.17, 15) is 18.0 Å². The second-order valence-corrected chi connectivity index (χ2v) is 8.29. The molecule has 11 heteroatoms. The first-order chi connectivity index (χ1) is 15.8. The number of hydrogen-bond donors (Lipinski definition) is 1. The van der Waals surface area contributed by atoms with Crippen LogP contribution in [0.4, 0.5) is 24.5 Å². The first kappa shape index (κ1) is 23.0. The fourth-order valence-corrected chi connectivity index (χ4v) is 4.03. The van der Waals surface area contributed by atoms with Crippen molar-refractivity contribution < 1.29 is 27.1 Å². The van der Waals surface area contributed by atoms with Gasteiger partial charge in [0.2, 0.25) is 11.8 Å². The number of benzene rings is 2. The van der Waals surface area contributed by atoms with Crippen molar-refractivity contribution in [2.45, 2.75) is 24.2 Å². The van der Waals surface area contributed by atoms with E-state index in [1.54, 1.807) is 31.4 Å². The van der Waals surface area contributed by atoms with Crippen LogP contribution in [0.1, 0.15) is 18.4 Å². The molecule has 2 aromatic carbocycles. The zero-order valence-corrected chi connectivity index (χ0v) is 18.5. The highest BCUT2D eigenvalue weighted by molar-refractivity contribution is 7.99. The fourth-order valence-electron chi connectivity index (χ4n) is 3.47. The maximum atomic E-state index is 13.2. The number of ether oxygens (including phenoxy) is 1. The van der Waals surface area contributed by atoms with Crippen molar-refractivity contribution in [2.24, 2.45) is 0 Å². The largest absolute Gasteiger partial charge is 0.497 e. The first-order valence-corrected chi connectivity index (χ1v) is 11.2. The summed E-state index contributed by atoms with van der Waals surface area (Å²) in [6.45, 7) is 1.30. The third-order valence-corrected chi connectivity index (χ3v) is 5.93. The van der Waals surface area contributed by atoms with Crippen LogP contribution in [-0.2, 0) is 11.0 Å². The van der Waals surface area contributed by atoms with E-state index < -0.39 is 11.7 Å². The topological polar surface area (TPSA) is 80.5 Å². The number of anilines is 2. The van der Waals surface area contributed by atoms with Crippen LogP contribution in [-0.4, -0.2) is 42.1 Å². The third-order valence-electron chi connectivity index (χ3n) is 5.12. The van der Waals surface area contributed by atoms with E-state index in [0.717, 1.165) is 36.7 Å². The fraction of sp³-hybridized carbons (Fsp3) is 0.318. The van der Waals surface area contributed by atoms with Gasteiger partial charge in [-0.1, -0.05) is 11.8 Å². The SMILES string of the molecule is COc1ccc(-c2nnc(SCC(=O)Nc3ccc(C(F)(F)F)cc3N3CCCC3)o2)cc1. The highest BCUT2D eigenvalue weighted by Gasteiger charge is 2.32. The number of amides is 1. The van der Waals surface area contributed by atoms with Crippen molar-refractivity contribution in [3.8, 4) is 17.2 Å². The molecule has 1 aromatic heterocycles. The summed E-state index contributed by atoms with van der Waals surface area (Å²) >= 11 is 1.05. The summed E-state index contributed by atoms with van der Waals surface area (Å²) in [6.07, 6.45) is -2.66. The van der Waals surface area contributed by atoms with Gasteiger partial charge in [-0.2, -0.15) is 13.2 Å². The molecule has 4 rings (SSSR count). The van der Waals surface area contributed by atoms with Crippen LogP contribution >= 0.6 is 11.8 Å². The van der Waals surface area contributed by atoms with Crippen LogP contribution in [0.25, 0.3) is 11.5 Å². The summed E-state index contributed by atoms with van der Waals surface area (Å²) in [6, 6.07) is 10.4. The smallest absolute Gasteiger partial charge is 0.416 e. The minimum Gasteiger partial charge on any atom is -0.497 e. The van der Waals surface area contributed by atoms with Crippen LogP contribution in [0.15, 0.2) is 52.1 Å². The standard InChI is InChI=1S/C22H21F3N4O3S/c1-31-16-7-4-14(5-8-16)20-27-28-21(32-20)33-13-19(30)26-17-9-6-15(22(23,24)25)12-18(17)29-10-2-3-11-29/h4-9,12H,2-3,10-11,13H2,1H3,(H,26,30). The van der Waals surface area contributed by atoms with Crippen LogP contribution in [0.5, 0.6) is 5.75 Å². The molecule has 0 bridgehead atoms. The average molecular weight is 478 g/mol. The highest BCUT2D eigenvalue weighted by atomic mass is 32.2. The van der Waals surface area contributed by atoms with Crippen molar-refractivity contribution in [1.29, 1.82) is 0 Å². The Morgan fingerprint density at radius 1 is 1.15 bits per heavy atom. The lowest BCUT2D eigenvalue weighted by Gasteiger charge is -2.23. The van der Waals surface area contributed by atoms with Gasteiger partial charge in [0.15, 0.2) is 0 Å². The average Bonchev–Trinajstić information content (AvgIpc) is 3.50. The molecule has 1 N–H and O–H groups in total. The van der Waals surface area contributed by atoms with Gasteiger partial charge in [-0.3, -0.25) is 4.79 Å². The Morgan fingerprint density at radius 2 is 1.88 bits per heavy atom. The number of nitrogens with one attached hydrogen (secondary N) is 1. The molecule has 33 heavy (non-hydrogen) atoms. The Morgan fingerprint density at radius 3 is 2.55 bits per heavy atom. The zero-order valence-electron chi connectivity index (χ0n) is 17.7. The van der Waals surface area contributed by atoms with Crippen LogP contribution in [0.3, 0.4) is 0 Å². The summed E-state index contributed by atoms with van der Waals surface area (Å²) in [7, 11) is 1.57. The van der Waals surface area contributed by atoms with E-state index in [4.69, 9.17) is 9.15 Å². The lowest BCUT2D eigenvalue weighted by atomic mass is 10.1. The van der Waals surface area contributed by atoms with Crippen LogP contribution in [0.2, 0.25) is 0 Å².